The Bertz CT molecular complexity index is 2690. The predicted molar refractivity (Wildman–Crippen MR) is 196 cm³/mol. The summed E-state index contributed by atoms with van der Waals surface area (Å²) in [7, 11) is 0. The summed E-state index contributed by atoms with van der Waals surface area (Å²) < 4.78 is 8.87. The van der Waals surface area contributed by atoms with Crippen molar-refractivity contribution in [3.63, 3.8) is 0 Å². The van der Waals surface area contributed by atoms with Gasteiger partial charge in [0.25, 0.3) is 0 Å². The molecule has 0 N–H and O–H groups in total. The third-order valence-electron chi connectivity index (χ3n) is 10.1. The van der Waals surface area contributed by atoms with E-state index in [2.05, 4.69) is 152 Å². The fourth-order valence-corrected chi connectivity index (χ4v) is 9.15. The van der Waals surface area contributed by atoms with Gasteiger partial charge in [0.1, 0.15) is 11.2 Å². The van der Waals surface area contributed by atoms with Crippen LogP contribution in [0, 0.1) is 0 Å². The van der Waals surface area contributed by atoms with Crippen molar-refractivity contribution in [2.45, 2.75) is 19.3 Å². The van der Waals surface area contributed by atoms with Crippen molar-refractivity contribution in [2.24, 2.45) is 0 Å². The maximum absolute atomic E-state index is 6.26. The third-order valence-corrected chi connectivity index (χ3v) is 11.3. The number of fused-ring (bicyclic) bond motifs is 11. The highest BCUT2D eigenvalue weighted by Gasteiger charge is 2.35. The molecule has 3 heteroatoms. The van der Waals surface area contributed by atoms with Gasteiger partial charge in [-0.1, -0.05) is 111 Å². The number of furan rings is 1. The number of nitrogens with zero attached hydrogens (tertiary/aromatic N) is 1. The Labute approximate surface area is 270 Å². The Morgan fingerprint density at radius 1 is 0.500 bits per heavy atom. The molecule has 1 aliphatic rings. The minimum atomic E-state index is -0.0452. The summed E-state index contributed by atoms with van der Waals surface area (Å²) >= 11 is 1.90. The first-order valence-corrected chi connectivity index (χ1v) is 16.7. The van der Waals surface area contributed by atoms with Gasteiger partial charge < -0.3 is 9.32 Å². The first kappa shape index (κ1) is 25.9. The number of hydrogen-bond acceptors (Lipinski definition) is 3. The molecule has 1 aliphatic carbocycles. The van der Waals surface area contributed by atoms with E-state index in [9.17, 15) is 0 Å². The van der Waals surface area contributed by atoms with Gasteiger partial charge in [0.05, 0.1) is 10.4 Å². The Kier molecular flexibility index (Phi) is 5.25. The zero-order valence-electron chi connectivity index (χ0n) is 25.5. The van der Waals surface area contributed by atoms with Crippen molar-refractivity contribution in [3.8, 4) is 11.1 Å². The molecule has 2 heterocycles. The maximum atomic E-state index is 6.26. The van der Waals surface area contributed by atoms with Gasteiger partial charge in [-0.05, 0) is 75.5 Å². The van der Waals surface area contributed by atoms with Gasteiger partial charge in [-0.2, -0.15) is 0 Å². The lowest BCUT2D eigenvalue weighted by Gasteiger charge is -2.27. The number of rotatable bonds is 3. The highest BCUT2D eigenvalue weighted by Crippen LogP contribution is 2.52. The van der Waals surface area contributed by atoms with E-state index in [1.807, 2.05) is 17.4 Å². The molecule has 218 valence electrons. The van der Waals surface area contributed by atoms with Crippen LogP contribution in [0.25, 0.3) is 64.0 Å². The molecule has 0 unspecified atom stereocenters. The molecule has 0 amide bonds. The molecular formula is C43H29NOS. The first-order valence-electron chi connectivity index (χ1n) is 15.9. The van der Waals surface area contributed by atoms with Crippen LogP contribution in [0.5, 0.6) is 0 Å². The van der Waals surface area contributed by atoms with Crippen LogP contribution in [0.4, 0.5) is 17.1 Å². The Morgan fingerprint density at radius 2 is 1.20 bits per heavy atom. The standard InChI is InChI=1S/C43H29NOS/c1-43(2)36-15-7-5-12-30(36)34-24-27(19-22-37(34)43)44(28-20-23-40-35(25-28)31-13-6-8-17-39(31)45-40)38-16-9-14-32-33-21-18-26-10-3-4-11-29(26)41(33)46-42(32)38/h3-25H,1-2H3. The molecule has 0 radical (unpaired) electrons. The minimum absolute atomic E-state index is 0.0452. The topological polar surface area (TPSA) is 16.4 Å². The fraction of sp³-hybridized carbons (Fsp3) is 0.0698. The second kappa shape index (κ2) is 9.32. The minimum Gasteiger partial charge on any atom is -0.456 e. The summed E-state index contributed by atoms with van der Waals surface area (Å²) in [5.41, 5.74) is 10.6. The van der Waals surface area contributed by atoms with Gasteiger partial charge in [-0.3, -0.25) is 0 Å². The van der Waals surface area contributed by atoms with Crippen LogP contribution in [0.15, 0.2) is 144 Å². The van der Waals surface area contributed by atoms with E-state index in [4.69, 9.17) is 4.42 Å². The summed E-state index contributed by atoms with van der Waals surface area (Å²) in [5, 5.41) is 7.44. The summed E-state index contributed by atoms with van der Waals surface area (Å²) in [6, 6.07) is 51.0. The average molecular weight is 608 g/mol. The molecule has 46 heavy (non-hydrogen) atoms. The molecule has 0 fully saturated rings. The van der Waals surface area contributed by atoms with Crippen molar-refractivity contribution >= 4 is 81.3 Å². The van der Waals surface area contributed by atoms with E-state index in [-0.39, 0.29) is 5.41 Å². The van der Waals surface area contributed by atoms with Crippen LogP contribution in [-0.4, -0.2) is 0 Å². The van der Waals surface area contributed by atoms with Gasteiger partial charge in [0.15, 0.2) is 0 Å². The molecule has 0 bridgehead atoms. The van der Waals surface area contributed by atoms with Crippen molar-refractivity contribution in [2.75, 3.05) is 4.90 Å². The Hall–Kier alpha value is -5.38. The third kappa shape index (κ3) is 3.52. The molecule has 7 aromatic carbocycles. The number of thiophene rings is 1. The molecule has 9 aromatic rings. The fourth-order valence-electron chi connectivity index (χ4n) is 7.82. The van der Waals surface area contributed by atoms with E-state index in [0.29, 0.717) is 0 Å². The summed E-state index contributed by atoms with van der Waals surface area (Å²) in [6.07, 6.45) is 0. The molecular weight excluding hydrogens is 579 g/mol. The van der Waals surface area contributed by atoms with Gasteiger partial charge in [-0.25, -0.2) is 0 Å². The van der Waals surface area contributed by atoms with Crippen molar-refractivity contribution in [1.29, 1.82) is 0 Å². The monoisotopic (exact) mass is 607 g/mol. The number of anilines is 3. The van der Waals surface area contributed by atoms with E-state index in [1.165, 1.54) is 58.9 Å². The molecule has 10 rings (SSSR count). The van der Waals surface area contributed by atoms with Crippen LogP contribution in [0.2, 0.25) is 0 Å². The normalized spacial score (nSPS) is 13.6. The van der Waals surface area contributed by atoms with Crippen molar-refractivity contribution < 1.29 is 4.42 Å². The lowest BCUT2D eigenvalue weighted by atomic mass is 9.82. The van der Waals surface area contributed by atoms with E-state index < -0.39 is 0 Å². The zero-order chi connectivity index (χ0) is 30.6. The maximum Gasteiger partial charge on any atom is 0.135 e. The van der Waals surface area contributed by atoms with E-state index in [0.717, 1.165) is 33.3 Å². The molecule has 0 aliphatic heterocycles. The Balaban J connectivity index is 1.27. The van der Waals surface area contributed by atoms with Crippen LogP contribution in [0.3, 0.4) is 0 Å². The second-order valence-corrected chi connectivity index (χ2v) is 14.0. The quantitative estimate of drug-likeness (QED) is 0.199. The van der Waals surface area contributed by atoms with Crippen molar-refractivity contribution in [1.82, 2.24) is 0 Å². The van der Waals surface area contributed by atoms with Crippen molar-refractivity contribution in [3.05, 3.63) is 151 Å². The molecule has 2 nitrogen and oxygen atoms in total. The van der Waals surface area contributed by atoms with Gasteiger partial charge >= 0.3 is 0 Å². The number of hydrogen-bond donors (Lipinski definition) is 0. The van der Waals surface area contributed by atoms with Gasteiger partial charge in [-0.15, -0.1) is 11.3 Å². The van der Waals surface area contributed by atoms with Crippen LogP contribution in [-0.2, 0) is 5.41 Å². The van der Waals surface area contributed by atoms with Gasteiger partial charge in [0, 0.05) is 43.0 Å². The highest BCUT2D eigenvalue weighted by molar-refractivity contribution is 7.27. The zero-order valence-corrected chi connectivity index (χ0v) is 26.4. The lowest BCUT2D eigenvalue weighted by Crippen LogP contribution is -2.15. The van der Waals surface area contributed by atoms with E-state index >= 15 is 0 Å². The smallest absolute Gasteiger partial charge is 0.135 e. The number of benzene rings is 7. The lowest BCUT2D eigenvalue weighted by molar-refractivity contribution is 0.660. The van der Waals surface area contributed by atoms with Crippen LogP contribution < -0.4 is 4.90 Å². The molecule has 0 spiro atoms. The Morgan fingerprint density at radius 3 is 2.13 bits per heavy atom. The first-order chi connectivity index (χ1) is 22.6. The predicted octanol–water partition coefficient (Wildman–Crippen LogP) is 12.9. The summed E-state index contributed by atoms with van der Waals surface area (Å²) in [5.74, 6) is 0. The molecule has 0 saturated carbocycles. The molecule has 0 atom stereocenters. The van der Waals surface area contributed by atoms with Gasteiger partial charge in [0.2, 0.25) is 0 Å². The second-order valence-electron chi connectivity index (χ2n) is 12.9. The largest absolute Gasteiger partial charge is 0.456 e. The van der Waals surface area contributed by atoms with Crippen LogP contribution >= 0.6 is 11.3 Å². The highest BCUT2D eigenvalue weighted by atomic mass is 32.1. The summed E-state index contributed by atoms with van der Waals surface area (Å²) in [4.78, 5) is 2.45. The number of para-hydroxylation sites is 1. The molecule has 0 saturated heterocycles. The van der Waals surface area contributed by atoms with Crippen LogP contribution in [0.1, 0.15) is 25.0 Å². The molecule has 2 aromatic heterocycles. The van der Waals surface area contributed by atoms with E-state index in [1.54, 1.807) is 0 Å². The summed E-state index contributed by atoms with van der Waals surface area (Å²) in [6.45, 7) is 4.69. The SMILES string of the molecule is CC1(C)c2ccccc2-c2cc(N(c3ccc4oc5ccccc5c4c3)c3cccc4c3sc3c5ccccc5ccc43)ccc21. The average Bonchev–Trinajstić information content (AvgIpc) is 3.73.